The van der Waals surface area contributed by atoms with Gasteiger partial charge in [-0.15, -0.1) is 0 Å². The van der Waals surface area contributed by atoms with E-state index in [0.29, 0.717) is 50.3 Å². The number of carbonyl (C=O) groups is 1. The van der Waals surface area contributed by atoms with Crippen LogP contribution in [-0.2, 0) is 4.79 Å². The zero-order valence-electron chi connectivity index (χ0n) is 20.8. The van der Waals surface area contributed by atoms with Gasteiger partial charge >= 0.3 is 0 Å². The molecule has 1 saturated carbocycles. The molecule has 0 saturated heterocycles. The average Bonchev–Trinajstić information content (AvgIpc) is 3.34. The second-order valence-electron chi connectivity index (χ2n) is 9.46. The lowest BCUT2D eigenvalue weighted by molar-refractivity contribution is -0.125. The van der Waals surface area contributed by atoms with Crippen molar-refractivity contribution in [1.29, 1.82) is 0 Å². The smallest absolute Gasteiger partial charge is 0.222 e. The number of benzene rings is 2. The van der Waals surface area contributed by atoms with Crippen LogP contribution in [0.1, 0.15) is 31.7 Å². The van der Waals surface area contributed by atoms with Gasteiger partial charge in [0.2, 0.25) is 11.8 Å². The number of aromatic nitrogens is 5. The van der Waals surface area contributed by atoms with Gasteiger partial charge in [0.25, 0.3) is 0 Å². The Morgan fingerprint density at radius 3 is 2.63 bits per heavy atom. The summed E-state index contributed by atoms with van der Waals surface area (Å²) in [6.07, 6.45) is 4.64. The molecule has 3 N–H and O–H groups in total. The van der Waals surface area contributed by atoms with E-state index in [4.69, 9.17) is 32.2 Å². The molecule has 0 atom stereocenters. The van der Waals surface area contributed by atoms with Gasteiger partial charge in [0.05, 0.1) is 22.0 Å². The van der Waals surface area contributed by atoms with Crippen molar-refractivity contribution in [2.45, 2.75) is 31.7 Å². The highest BCUT2D eigenvalue weighted by molar-refractivity contribution is 6.34. The summed E-state index contributed by atoms with van der Waals surface area (Å²) in [4.78, 5) is 25.6. The molecule has 1 aliphatic rings. The average molecular weight is 528 g/mol. The first-order valence-electron chi connectivity index (χ1n) is 12.6. The summed E-state index contributed by atoms with van der Waals surface area (Å²) < 4.78 is 7.86. The summed E-state index contributed by atoms with van der Waals surface area (Å²) >= 11 is 6.79. The molecule has 10 heteroatoms. The van der Waals surface area contributed by atoms with Crippen molar-refractivity contribution >= 4 is 45.3 Å². The Labute approximate surface area is 224 Å². The lowest BCUT2D eigenvalue weighted by atomic mass is 9.85. The number of carbonyl (C=O) groups excluding carboxylic acids is 1. The number of amides is 1. The van der Waals surface area contributed by atoms with Gasteiger partial charge < -0.3 is 15.8 Å². The molecule has 1 aliphatic carbocycles. The van der Waals surface area contributed by atoms with Crippen LogP contribution in [0.3, 0.4) is 0 Å². The van der Waals surface area contributed by atoms with Gasteiger partial charge in [-0.3, -0.25) is 4.79 Å². The Kier molecular flexibility index (Phi) is 6.29. The van der Waals surface area contributed by atoms with Crippen LogP contribution < -0.4 is 15.8 Å². The molecule has 6 rings (SSSR count). The molecule has 3 heterocycles. The molecule has 0 spiro atoms. The highest BCUT2D eigenvalue weighted by Gasteiger charge is 2.30. The van der Waals surface area contributed by atoms with E-state index in [1.165, 1.54) is 6.33 Å². The lowest BCUT2D eigenvalue weighted by Crippen LogP contribution is -2.31. The van der Waals surface area contributed by atoms with Crippen molar-refractivity contribution < 1.29 is 9.53 Å². The number of fused-ring (bicyclic) bond motifs is 2. The zero-order chi connectivity index (χ0) is 26.2. The molecule has 38 heavy (non-hydrogen) atoms. The summed E-state index contributed by atoms with van der Waals surface area (Å²) in [5, 5.41) is 9.79. The van der Waals surface area contributed by atoms with E-state index in [1.54, 1.807) is 7.05 Å². The monoisotopic (exact) mass is 527 g/mol. The summed E-state index contributed by atoms with van der Waals surface area (Å²) in [7, 11) is 1.68. The molecule has 3 aromatic heterocycles. The molecular formula is C28H26ClN7O2. The molecule has 1 fully saturated rings. The maximum atomic E-state index is 12.1. The van der Waals surface area contributed by atoms with Crippen molar-refractivity contribution in [3.05, 3.63) is 65.9 Å². The van der Waals surface area contributed by atoms with E-state index in [-0.39, 0.29) is 17.9 Å². The van der Waals surface area contributed by atoms with Gasteiger partial charge in [-0.2, -0.15) is 5.10 Å². The van der Waals surface area contributed by atoms with E-state index in [9.17, 15) is 4.79 Å². The number of anilines is 1. The SMILES string of the molecule is CNC(=O)C1CCC(n2nc(-c3cc4nc(Oc5ccccc5)ccc4cc3Cl)c3c(N)ncnc32)CC1. The van der Waals surface area contributed by atoms with Gasteiger partial charge in [0.1, 0.15) is 23.6 Å². The van der Waals surface area contributed by atoms with Crippen LogP contribution in [0.5, 0.6) is 11.6 Å². The van der Waals surface area contributed by atoms with Gasteiger partial charge in [-0.05, 0) is 56.0 Å². The number of nitrogen functional groups attached to an aromatic ring is 1. The molecule has 192 valence electrons. The van der Waals surface area contributed by atoms with Crippen LogP contribution in [0.2, 0.25) is 5.02 Å². The Hall–Kier alpha value is -4.24. The third-order valence-corrected chi connectivity index (χ3v) is 7.46. The molecule has 0 radical (unpaired) electrons. The fraction of sp³-hybridized carbons (Fsp3) is 0.250. The number of pyridine rings is 1. The van der Waals surface area contributed by atoms with Crippen molar-refractivity contribution in [1.82, 2.24) is 30.0 Å². The van der Waals surface area contributed by atoms with Crippen LogP contribution in [0.25, 0.3) is 33.2 Å². The number of nitrogens with zero attached hydrogens (tertiary/aromatic N) is 5. The normalized spacial score (nSPS) is 17.5. The molecule has 0 bridgehead atoms. The lowest BCUT2D eigenvalue weighted by Gasteiger charge is -2.27. The maximum Gasteiger partial charge on any atom is 0.222 e. The van der Waals surface area contributed by atoms with Gasteiger partial charge in [-0.1, -0.05) is 29.8 Å². The first-order chi connectivity index (χ1) is 18.5. The first-order valence-corrected chi connectivity index (χ1v) is 12.9. The number of nitrogens with one attached hydrogen (secondary N) is 1. The highest BCUT2D eigenvalue weighted by atomic mass is 35.5. The topological polar surface area (TPSA) is 121 Å². The molecule has 9 nitrogen and oxygen atoms in total. The number of para-hydroxylation sites is 1. The number of rotatable bonds is 5. The van der Waals surface area contributed by atoms with E-state index in [1.807, 2.05) is 59.3 Å². The first kappa shape index (κ1) is 24.1. The molecule has 0 aliphatic heterocycles. The zero-order valence-corrected chi connectivity index (χ0v) is 21.5. The maximum absolute atomic E-state index is 12.1. The van der Waals surface area contributed by atoms with E-state index in [2.05, 4.69) is 15.3 Å². The predicted molar refractivity (Wildman–Crippen MR) is 147 cm³/mol. The van der Waals surface area contributed by atoms with Crippen molar-refractivity contribution in [3.63, 3.8) is 0 Å². The summed E-state index contributed by atoms with van der Waals surface area (Å²) in [6.45, 7) is 0. The van der Waals surface area contributed by atoms with Crippen LogP contribution in [-0.4, -0.2) is 37.7 Å². The number of hydrogen-bond donors (Lipinski definition) is 2. The summed E-state index contributed by atoms with van der Waals surface area (Å²) in [6, 6.07) is 17.1. The molecule has 0 unspecified atom stereocenters. The van der Waals surface area contributed by atoms with Gasteiger partial charge in [0, 0.05) is 30.0 Å². The Morgan fingerprint density at radius 1 is 1.08 bits per heavy atom. The van der Waals surface area contributed by atoms with Gasteiger partial charge in [0.15, 0.2) is 5.65 Å². The Morgan fingerprint density at radius 2 is 1.87 bits per heavy atom. The second kappa shape index (κ2) is 9.90. The number of ether oxygens (including phenoxy) is 1. The number of hydrogen-bond acceptors (Lipinski definition) is 7. The Balaban J connectivity index is 1.41. The minimum atomic E-state index is 0.0190. The highest BCUT2D eigenvalue weighted by Crippen LogP contribution is 2.40. The van der Waals surface area contributed by atoms with Gasteiger partial charge in [-0.25, -0.2) is 19.6 Å². The van der Waals surface area contributed by atoms with Crippen LogP contribution in [0, 0.1) is 5.92 Å². The largest absolute Gasteiger partial charge is 0.439 e. The number of nitrogens with two attached hydrogens (primary N) is 1. The van der Waals surface area contributed by atoms with E-state index in [0.717, 1.165) is 31.1 Å². The minimum absolute atomic E-state index is 0.0190. The molecular weight excluding hydrogens is 502 g/mol. The summed E-state index contributed by atoms with van der Waals surface area (Å²) in [5.74, 6) is 1.62. The van der Waals surface area contributed by atoms with Crippen LogP contribution in [0.15, 0.2) is 60.9 Å². The Bertz CT molecular complexity index is 1650. The fourth-order valence-corrected chi connectivity index (χ4v) is 5.46. The minimum Gasteiger partial charge on any atom is -0.439 e. The molecule has 1 amide bonds. The quantitative estimate of drug-likeness (QED) is 0.307. The van der Waals surface area contributed by atoms with Crippen LogP contribution in [0.4, 0.5) is 5.82 Å². The van der Waals surface area contributed by atoms with Crippen molar-refractivity contribution in [2.24, 2.45) is 5.92 Å². The van der Waals surface area contributed by atoms with Crippen LogP contribution >= 0.6 is 11.6 Å². The standard InChI is InChI=1S/C28H26ClN7O2/c1-31-28(37)16-7-10-18(11-8-16)36-27-24(26(30)32-15-33-27)25(35-36)20-14-22-17(13-21(20)29)9-12-23(34-22)38-19-5-3-2-4-6-19/h2-6,9,12-16,18H,7-8,10-11H2,1H3,(H,31,37)(H2,30,32,33). The third kappa shape index (κ3) is 4.39. The van der Waals surface area contributed by atoms with Crippen molar-refractivity contribution in [3.8, 4) is 22.9 Å². The van der Waals surface area contributed by atoms with E-state index < -0.39 is 0 Å². The third-order valence-electron chi connectivity index (χ3n) is 7.15. The molecule has 5 aromatic rings. The molecule has 2 aromatic carbocycles. The second-order valence-corrected chi connectivity index (χ2v) is 9.87. The van der Waals surface area contributed by atoms with Crippen molar-refractivity contribution in [2.75, 3.05) is 12.8 Å². The predicted octanol–water partition coefficient (Wildman–Crippen LogP) is 5.55. The van der Waals surface area contributed by atoms with E-state index >= 15 is 0 Å². The summed E-state index contributed by atoms with van der Waals surface area (Å²) in [5.41, 5.74) is 9.01. The fourth-order valence-electron chi connectivity index (χ4n) is 5.20. The number of halogens is 1.